The summed E-state index contributed by atoms with van der Waals surface area (Å²) in [5, 5.41) is 7.75. The number of piperidine rings is 1. The van der Waals surface area contributed by atoms with Crippen molar-refractivity contribution in [3.8, 4) is 17.0 Å². The molecule has 2 saturated heterocycles. The van der Waals surface area contributed by atoms with Crippen LogP contribution in [0.1, 0.15) is 32.1 Å². The minimum absolute atomic E-state index is 0.130. The van der Waals surface area contributed by atoms with Gasteiger partial charge in [-0.25, -0.2) is 18.3 Å². The number of rotatable bonds is 6. The Morgan fingerprint density at radius 3 is 2.70 bits per heavy atom. The van der Waals surface area contributed by atoms with Crippen molar-refractivity contribution >= 4 is 22.5 Å². The number of imidazole rings is 1. The van der Waals surface area contributed by atoms with Gasteiger partial charge < -0.3 is 19.4 Å². The number of anilines is 1. The van der Waals surface area contributed by atoms with Gasteiger partial charge in [0.1, 0.15) is 23.0 Å². The molecule has 1 N–H and O–H groups in total. The number of ether oxygens (including phenoxy) is 2. The minimum atomic E-state index is -1.05. The second-order valence-electron chi connectivity index (χ2n) is 10.2. The summed E-state index contributed by atoms with van der Waals surface area (Å²) in [6, 6.07) is 5.33. The van der Waals surface area contributed by atoms with Crippen molar-refractivity contribution in [1.29, 1.82) is 0 Å². The van der Waals surface area contributed by atoms with Gasteiger partial charge in [-0.15, -0.1) is 5.10 Å². The second-order valence-corrected chi connectivity index (χ2v) is 10.2. The summed E-state index contributed by atoms with van der Waals surface area (Å²) in [7, 11) is 1.53. The molecule has 2 aliphatic rings. The van der Waals surface area contributed by atoms with Gasteiger partial charge in [0.05, 0.1) is 37.9 Å². The zero-order chi connectivity index (χ0) is 25.8. The first-order chi connectivity index (χ1) is 17.8. The van der Waals surface area contributed by atoms with E-state index in [1.807, 2.05) is 37.5 Å². The first kappa shape index (κ1) is 24.1. The fourth-order valence-corrected chi connectivity index (χ4v) is 5.53. The molecule has 2 atom stereocenters. The van der Waals surface area contributed by atoms with Crippen LogP contribution >= 0.6 is 0 Å². The molecular weight excluding hydrogens is 480 g/mol. The number of hydrogen-bond acceptors (Lipinski definition) is 7. The van der Waals surface area contributed by atoms with Crippen molar-refractivity contribution < 1.29 is 18.3 Å². The third-order valence-corrected chi connectivity index (χ3v) is 7.45. The Kier molecular flexibility index (Phi) is 5.99. The molecule has 0 spiro atoms. The van der Waals surface area contributed by atoms with Crippen LogP contribution in [-0.4, -0.2) is 80.7 Å². The quantitative estimate of drug-likeness (QED) is 0.419. The lowest BCUT2D eigenvalue weighted by molar-refractivity contribution is -0.0794. The average molecular weight is 512 g/mol. The van der Waals surface area contributed by atoms with Crippen LogP contribution < -0.4 is 10.1 Å². The lowest BCUT2D eigenvalue weighted by Crippen LogP contribution is -2.57. The Labute approximate surface area is 213 Å². The lowest BCUT2D eigenvalue weighted by Gasteiger charge is -2.42. The van der Waals surface area contributed by atoms with E-state index in [0.29, 0.717) is 54.7 Å². The number of aromatic nitrogens is 5. The fraction of sp³-hybridized carbons (Fsp3) is 0.500. The smallest absolute Gasteiger partial charge is 0.244 e. The predicted molar refractivity (Wildman–Crippen MR) is 136 cm³/mol. The Morgan fingerprint density at radius 1 is 1.22 bits per heavy atom. The summed E-state index contributed by atoms with van der Waals surface area (Å²) in [5.41, 5.74) is 3.10. The van der Waals surface area contributed by atoms with Crippen molar-refractivity contribution in [3.05, 3.63) is 36.0 Å². The highest BCUT2D eigenvalue weighted by molar-refractivity contribution is 5.90. The van der Waals surface area contributed by atoms with Crippen LogP contribution in [0.5, 0.6) is 5.88 Å². The molecule has 0 saturated carbocycles. The molecule has 3 aromatic heterocycles. The van der Waals surface area contributed by atoms with Gasteiger partial charge in [-0.3, -0.25) is 4.90 Å². The molecular formula is C26H31F2N7O2. The Balaban J connectivity index is 1.33. The van der Waals surface area contributed by atoms with Gasteiger partial charge in [0.15, 0.2) is 5.82 Å². The van der Waals surface area contributed by atoms with Gasteiger partial charge in [-0.1, -0.05) is 0 Å². The topological polar surface area (TPSA) is 81.7 Å². The maximum Gasteiger partial charge on any atom is 0.244 e. The molecule has 0 amide bonds. The van der Waals surface area contributed by atoms with Crippen LogP contribution in [0, 0.1) is 12.7 Å². The first-order valence-electron chi connectivity index (χ1n) is 12.7. The van der Waals surface area contributed by atoms with Crippen molar-refractivity contribution in [3.63, 3.8) is 0 Å². The molecule has 0 radical (unpaired) electrons. The van der Waals surface area contributed by atoms with Gasteiger partial charge in [0.2, 0.25) is 11.8 Å². The molecule has 0 bridgehead atoms. The maximum atomic E-state index is 15.1. The largest absolute Gasteiger partial charge is 0.479 e. The normalized spacial score (nSPS) is 21.2. The van der Waals surface area contributed by atoms with Crippen LogP contribution in [0.3, 0.4) is 0 Å². The highest BCUT2D eigenvalue weighted by atomic mass is 19.1. The first-order valence-corrected chi connectivity index (χ1v) is 12.7. The summed E-state index contributed by atoms with van der Waals surface area (Å²) >= 11 is 0. The molecule has 4 aromatic rings. The van der Waals surface area contributed by atoms with Gasteiger partial charge in [-0.2, -0.15) is 4.98 Å². The van der Waals surface area contributed by atoms with E-state index in [1.54, 1.807) is 10.7 Å². The van der Waals surface area contributed by atoms with E-state index in [4.69, 9.17) is 9.47 Å². The number of benzene rings is 1. The fourth-order valence-electron chi connectivity index (χ4n) is 5.53. The number of hydrogen-bond donors (Lipinski definition) is 1. The van der Waals surface area contributed by atoms with Crippen LogP contribution in [0.15, 0.2) is 24.4 Å². The molecule has 2 fully saturated rings. The van der Waals surface area contributed by atoms with Crippen LogP contribution in [0.4, 0.5) is 14.7 Å². The van der Waals surface area contributed by atoms with E-state index < -0.39 is 12.2 Å². The number of methoxy groups -OCH3 is 1. The molecule has 0 unspecified atom stereocenters. The number of fused-ring (bicyclic) bond motifs is 2. The SMILES string of the molecule is COc1nc(N[C@@H]2CCN(C3COC3)C[C@@H]2F)nn2ccc(-c3cc(F)c4nc(C)n(C(C)C)c4c3)c12. The highest BCUT2D eigenvalue weighted by Crippen LogP contribution is 2.35. The Hall–Kier alpha value is -3.31. The molecule has 1 aromatic carbocycles. The second kappa shape index (κ2) is 9.21. The Bertz CT molecular complexity index is 1460. The molecule has 5 heterocycles. The number of nitrogens with one attached hydrogen (secondary N) is 1. The van der Waals surface area contributed by atoms with E-state index >= 15 is 8.78 Å². The van der Waals surface area contributed by atoms with Crippen molar-refractivity contribution in [2.24, 2.45) is 0 Å². The number of nitrogens with zero attached hydrogens (tertiary/aromatic N) is 6. The summed E-state index contributed by atoms with van der Waals surface area (Å²) in [4.78, 5) is 11.1. The molecule has 9 nitrogen and oxygen atoms in total. The maximum absolute atomic E-state index is 15.1. The standard InChI is InChI=1S/C26H31F2N7O2/c1-14(2)35-15(3)29-23-19(27)9-16(10-22(23)35)18-5-8-34-24(18)25(36-4)31-26(32-34)30-21-6-7-33(11-20(21)28)17-12-37-13-17/h5,8-10,14,17,20-21H,6-7,11-13H2,1-4H3,(H,30,32)/t20-,21+/m0/s1. The van der Waals surface area contributed by atoms with Crippen LogP contribution in [-0.2, 0) is 4.74 Å². The van der Waals surface area contributed by atoms with Gasteiger partial charge in [0.25, 0.3) is 0 Å². The number of halogens is 2. The predicted octanol–water partition coefficient (Wildman–Crippen LogP) is 4.01. The van der Waals surface area contributed by atoms with Crippen molar-refractivity contribution in [2.45, 2.75) is 51.5 Å². The third kappa shape index (κ3) is 4.10. The van der Waals surface area contributed by atoms with Gasteiger partial charge >= 0.3 is 0 Å². The molecule has 2 aliphatic heterocycles. The van der Waals surface area contributed by atoms with E-state index in [9.17, 15) is 0 Å². The summed E-state index contributed by atoms with van der Waals surface area (Å²) in [6.45, 7) is 8.48. The molecule has 0 aliphatic carbocycles. The third-order valence-electron chi connectivity index (χ3n) is 7.45. The molecule has 6 rings (SSSR count). The van der Waals surface area contributed by atoms with Gasteiger partial charge in [-0.05, 0) is 51.0 Å². The van der Waals surface area contributed by atoms with Crippen molar-refractivity contribution in [1.82, 2.24) is 29.0 Å². The zero-order valence-corrected chi connectivity index (χ0v) is 21.4. The Morgan fingerprint density at radius 2 is 2.03 bits per heavy atom. The average Bonchev–Trinajstić information content (AvgIpc) is 3.40. The van der Waals surface area contributed by atoms with E-state index in [-0.39, 0.29) is 17.8 Å². The molecule has 11 heteroatoms. The highest BCUT2D eigenvalue weighted by Gasteiger charge is 2.35. The summed E-state index contributed by atoms with van der Waals surface area (Å²) < 4.78 is 44.7. The number of alkyl halides is 1. The molecule has 37 heavy (non-hydrogen) atoms. The van der Waals surface area contributed by atoms with Crippen molar-refractivity contribution in [2.75, 3.05) is 38.7 Å². The number of likely N-dealkylation sites (tertiary alicyclic amines) is 1. The van der Waals surface area contributed by atoms with Crippen LogP contribution in [0.2, 0.25) is 0 Å². The lowest BCUT2D eigenvalue weighted by atomic mass is 10.0. The summed E-state index contributed by atoms with van der Waals surface area (Å²) in [6.07, 6.45) is 1.36. The van der Waals surface area contributed by atoms with E-state index in [2.05, 4.69) is 25.3 Å². The molecule has 196 valence electrons. The monoisotopic (exact) mass is 511 g/mol. The zero-order valence-electron chi connectivity index (χ0n) is 21.4. The van der Waals surface area contributed by atoms with E-state index in [1.165, 1.54) is 13.2 Å². The van der Waals surface area contributed by atoms with Gasteiger partial charge in [0, 0.05) is 30.9 Å². The van der Waals surface area contributed by atoms with E-state index in [0.717, 1.165) is 23.4 Å². The van der Waals surface area contributed by atoms with Crippen LogP contribution in [0.25, 0.3) is 27.7 Å². The number of aryl methyl sites for hydroxylation is 1. The minimum Gasteiger partial charge on any atom is -0.479 e. The summed E-state index contributed by atoms with van der Waals surface area (Å²) in [5.74, 6) is 0.986.